The molecule has 0 aromatic carbocycles. The Bertz CT molecular complexity index is 382. The van der Waals surface area contributed by atoms with E-state index in [0.29, 0.717) is 12.4 Å². The molecule has 0 bridgehead atoms. The van der Waals surface area contributed by atoms with E-state index in [-0.39, 0.29) is 17.9 Å². The van der Waals surface area contributed by atoms with Crippen LogP contribution in [0.25, 0.3) is 0 Å². The second-order valence-corrected chi connectivity index (χ2v) is 5.09. The molecule has 0 N–H and O–H groups in total. The summed E-state index contributed by atoms with van der Waals surface area (Å²) in [5.74, 6) is -0.141. The van der Waals surface area contributed by atoms with Crippen molar-refractivity contribution in [2.45, 2.75) is 52.4 Å². The summed E-state index contributed by atoms with van der Waals surface area (Å²) < 4.78 is 10.4. The van der Waals surface area contributed by atoms with Gasteiger partial charge in [-0.1, -0.05) is 31.4 Å². The highest BCUT2D eigenvalue weighted by Crippen LogP contribution is 2.14. The van der Waals surface area contributed by atoms with Crippen LogP contribution in [-0.4, -0.2) is 18.5 Å². The number of ether oxygens (including phenoxy) is 2. The van der Waals surface area contributed by atoms with Crippen molar-refractivity contribution in [3.8, 4) is 0 Å². The molecule has 0 aromatic heterocycles. The first-order valence-electron chi connectivity index (χ1n) is 7.32. The number of carbonyl (C=O) groups excluding carboxylic acids is 2. The molecular weight excluding hydrogens is 256 g/mol. The number of esters is 2. The van der Waals surface area contributed by atoms with E-state index >= 15 is 0 Å². The zero-order chi connectivity index (χ0) is 14.8. The molecule has 1 aliphatic rings. The van der Waals surface area contributed by atoms with E-state index in [9.17, 15) is 9.59 Å². The fraction of sp³-hybridized carbons (Fsp3) is 0.625. The third-order valence-corrected chi connectivity index (χ3v) is 3.14. The Kier molecular flexibility index (Phi) is 7.70. The number of hydrogen-bond acceptors (Lipinski definition) is 4. The van der Waals surface area contributed by atoms with Crippen LogP contribution >= 0.6 is 0 Å². The fourth-order valence-corrected chi connectivity index (χ4v) is 2.00. The predicted molar refractivity (Wildman–Crippen MR) is 76.8 cm³/mol. The molecule has 0 aromatic rings. The van der Waals surface area contributed by atoms with Gasteiger partial charge >= 0.3 is 11.9 Å². The highest BCUT2D eigenvalue weighted by Gasteiger charge is 2.10. The highest BCUT2D eigenvalue weighted by molar-refractivity contribution is 5.74. The van der Waals surface area contributed by atoms with Crippen LogP contribution in [0.4, 0.5) is 0 Å². The van der Waals surface area contributed by atoms with E-state index in [0.717, 1.165) is 38.5 Å². The Labute approximate surface area is 120 Å². The summed E-state index contributed by atoms with van der Waals surface area (Å²) in [5.41, 5.74) is 0. The van der Waals surface area contributed by atoms with Gasteiger partial charge in [-0.05, 0) is 25.8 Å². The van der Waals surface area contributed by atoms with Crippen molar-refractivity contribution in [3.05, 3.63) is 24.0 Å². The smallest absolute Gasteiger partial charge is 0.312 e. The van der Waals surface area contributed by atoms with Crippen molar-refractivity contribution in [2.75, 3.05) is 6.61 Å². The Morgan fingerprint density at radius 1 is 1.25 bits per heavy atom. The first-order valence-corrected chi connectivity index (χ1v) is 7.32. The van der Waals surface area contributed by atoms with Crippen molar-refractivity contribution < 1.29 is 19.1 Å². The lowest BCUT2D eigenvalue weighted by atomic mass is 10.1. The van der Waals surface area contributed by atoms with Gasteiger partial charge in [0.15, 0.2) is 0 Å². The zero-order valence-electron chi connectivity index (χ0n) is 12.4. The lowest BCUT2D eigenvalue weighted by Crippen LogP contribution is -2.13. The quantitative estimate of drug-likeness (QED) is 0.690. The second kappa shape index (κ2) is 9.34. The molecule has 4 heteroatoms. The zero-order valence-corrected chi connectivity index (χ0v) is 12.4. The summed E-state index contributed by atoms with van der Waals surface area (Å²) in [6, 6.07) is 0. The van der Waals surface area contributed by atoms with Gasteiger partial charge < -0.3 is 9.47 Å². The van der Waals surface area contributed by atoms with Crippen molar-refractivity contribution in [1.82, 2.24) is 0 Å². The summed E-state index contributed by atoms with van der Waals surface area (Å²) in [4.78, 5) is 22.7. The standard InChI is InChI=1S/C16H24O4/c1-13-9-8-11-15(20-14(2)17)10-6-4-3-5-7-12-19-16(13)18/h8-9,11,13H,3-7,10,12H2,1-2H3/b9-8-,15-11+. The van der Waals surface area contributed by atoms with Gasteiger partial charge in [0.25, 0.3) is 0 Å². The lowest BCUT2D eigenvalue weighted by Gasteiger charge is -2.10. The van der Waals surface area contributed by atoms with Gasteiger partial charge in [-0.15, -0.1) is 0 Å². The molecule has 1 aliphatic heterocycles. The number of carbonyl (C=O) groups is 2. The molecular formula is C16H24O4. The number of hydrogen-bond donors (Lipinski definition) is 0. The van der Waals surface area contributed by atoms with Gasteiger partial charge in [0.1, 0.15) is 5.76 Å². The SMILES string of the molecule is CC(=O)O/C1=C/C=C\C(C)C(=O)OCCCCCCC1. The van der Waals surface area contributed by atoms with E-state index in [1.165, 1.54) is 6.92 Å². The summed E-state index contributed by atoms with van der Waals surface area (Å²) >= 11 is 0. The molecule has 0 spiro atoms. The molecule has 0 aliphatic carbocycles. The molecule has 0 fully saturated rings. The Hall–Kier alpha value is -1.58. The molecule has 1 unspecified atom stereocenters. The Morgan fingerprint density at radius 3 is 2.70 bits per heavy atom. The summed E-state index contributed by atoms with van der Waals surface area (Å²) in [6.07, 6.45) is 11.2. The van der Waals surface area contributed by atoms with Gasteiger partial charge in [0, 0.05) is 13.3 Å². The van der Waals surface area contributed by atoms with E-state index < -0.39 is 0 Å². The summed E-state index contributed by atoms with van der Waals surface area (Å²) in [5, 5.41) is 0. The largest absolute Gasteiger partial charge is 0.465 e. The normalized spacial score (nSPS) is 26.6. The Balaban J connectivity index is 2.69. The molecule has 0 saturated heterocycles. The lowest BCUT2D eigenvalue weighted by molar-refractivity contribution is -0.146. The third kappa shape index (κ3) is 7.12. The van der Waals surface area contributed by atoms with Crippen molar-refractivity contribution in [2.24, 2.45) is 5.92 Å². The van der Waals surface area contributed by atoms with Crippen LogP contribution in [0.1, 0.15) is 52.4 Å². The summed E-state index contributed by atoms with van der Waals surface area (Å²) in [7, 11) is 0. The minimum Gasteiger partial charge on any atom is -0.465 e. The van der Waals surface area contributed by atoms with Crippen LogP contribution in [-0.2, 0) is 19.1 Å². The topological polar surface area (TPSA) is 52.6 Å². The molecule has 0 amide bonds. The number of rotatable bonds is 1. The maximum Gasteiger partial charge on any atom is 0.312 e. The van der Waals surface area contributed by atoms with Gasteiger partial charge in [-0.25, -0.2) is 0 Å². The number of cyclic esters (lactones) is 1. The van der Waals surface area contributed by atoms with Crippen LogP contribution in [0.5, 0.6) is 0 Å². The van der Waals surface area contributed by atoms with Crippen LogP contribution in [0.3, 0.4) is 0 Å². The molecule has 1 atom stereocenters. The van der Waals surface area contributed by atoms with E-state index in [2.05, 4.69) is 0 Å². The number of allylic oxidation sites excluding steroid dienone is 3. The molecule has 4 nitrogen and oxygen atoms in total. The Morgan fingerprint density at radius 2 is 1.95 bits per heavy atom. The van der Waals surface area contributed by atoms with Crippen LogP contribution in [0.15, 0.2) is 24.0 Å². The van der Waals surface area contributed by atoms with Crippen molar-refractivity contribution >= 4 is 11.9 Å². The first-order chi connectivity index (χ1) is 9.59. The fourth-order valence-electron chi connectivity index (χ4n) is 2.00. The van der Waals surface area contributed by atoms with Gasteiger partial charge in [0.2, 0.25) is 0 Å². The molecule has 1 rings (SSSR count). The van der Waals surface area contributed by atoms with Crippen molar-refractivity contribution in [3.63, 3.8) is 0 Å². The van der Waals surface area contributed by atoms with E-state index in [1.807, 2.05) is 0 Å². The minimum absolute atomic E-state index is 0.208. The predicted octanol–water partition coefficient (Wildman–Crippen LogP) is 3.52. The molecule has 0 radical (unpaired) electrons. The van der Waals surface area contributed by atoms with E-state index in [1.54, 1.807) is 25.2 Å². The van der Waals surface area contributed by atoms with Gasteiger partial charge in [0.05, 0.1) is 12.5 Å². The molecule has 0 saturated carbocycles. The van der Waals surface area contributed by atoms with E-state index in [4.69, 9.17) is 9.47 Å². The second-order valence-electron chi connectivity index (χ2n) is 5.09. The molecule has 20 heavy (non-hydrogen) atoms. The first kappa shape index (κ1) is 16.5. The maximum atomic E-state index is 11.7. The van der Waals surface area contributed by atoms with Crippen LogP contribution < -0.4 is 0 Å². The molecule has 112 valence electrons. The van der Waals surface area contributed by atoms with Gasteiger partial charge in [-0.3, -0.25) is 9.59 Å². The average Bonchev–Trinajstić information content (AvgIpc) is 2.39. The maximum absolute atomic E-state index is 11.7. The van der Waals surface area contributed by atoms with Crippen molar-refractivity contribution in [1.29, 1.82) is 0 Å². The highest BCUT2D eigenvalue weighted by atomic mass is 16.5. The van der Waals surface area contributed by atoms with Crippen LogP contribution in [0, 0.1) is 5.92 Å². The monoisotopic (exact) mass is 280 g/mol. The summed E-state index contributed by atoms with van der Waals surface area (Å²) in [6.45, 7) is 3.70. The average molecular weight is 280 g/mol. The minimum atomic E-state index is -0.307. The third-order valence-electron chi connectivity index (χ3n) is 3.14. The van der Waals surface area contributed by atoms with Gasteiger partial charge in [-0.2, -0.15) is 0 Å². The van der Waals surface area contributed by atoms with Crippen LogP contribution in [0.2, 0.25) is 0 Å². The molecule has 1 heterocycles.